The molecule has 0 radical (unpaired) electrons. The Morgan fingerprint density at radius 3 is 2.50 bits per heavy atom. The number of hydrogen-bond acceptors (Lipinski definition) is 5. The van der Waals surface area contributed by atoms with Gasteiger partial charge in [0.1, 0.15) is 17.4 Å². The van der Waals surface area contributed by atoms with Crippen molar-refractivity contribution in [1.29, 1.82) is 5.26 Å². The molecule has 6 nitrogen and oxygen atoms in total. The minimum atomic E-state index is -2.99. The van der Waals surface area contributed by atoms with Crippen molar-refractivity contribution in [3.8, 4) is 23.3 Å². The van der Waals surface area contributed by atoms with E-state index in [1.165, 1.54) is 31.4 Å². The van der Waals surface area contributed by atoms with Crippen molar-refractivity contribution >= 4 is 17.7 Å². The third kappa shape index (κ3) is 5.71. The minimum absolute atomic E-state index is 0.0874. The molecule has 0 aliphatic heterocycles. The van der Waals surface area contributed by atoms with Crippen molar-refractivity contribution in [1.82, 2.24) is 0 Å². The minimum Gasteiger partial charge on any atom is -0.497 e. The number of benzene rings is 2. The van der Waals surface area contributed by atoms with Crippen molar-refractivity contribution in [3.05, 3.63) is 53.6 Å². The number of carbonyl (C=O) groups excluding carboxylic acids is 1. The van der Waals surface area contributed by atoms with E-state index in [1.807, 2.05) is 6.07 Å². The van der Waals surface area contributed by atoms with Crippen LogP contribution in [0.15, 0.2) is 48.0 Å². The van der Waals surface area contributed by atoms with E-state index in [0.717, 1.165) is 0 Å². The maximum atomic E-state index is 12.5. The van der Waals surface area contributed by atoms with E-state index in [9.17, 15) is 18.8 Å². The van der Waals surface area contributed by atoms with Crippen LogP contribution in [0.25, 0.3) is 6.08 Å². The topological polar surface area (TPSA) is 80.6 Å². The number of alkyl halides is 2. The number of carbonyl (C=O) groups is 1. The highest BCUT2D eigenvalue weighted by Gasteiger charge is 2.13. The smallest absolute Gasteiger partial charge is 0.387 e. The van der Waals surface area contributed by atoms with E-state index in [-0.39, 0.29) is 23.7 Å². The highest BCUT2D eigenvalue weighted by molar-refractivity contribution is 6.09. The molecule has 0 aromatic heterocycles. The van der Waals surface area contributed by atoms with Gasteiger partial charge < -0.3 is 19.5 Å². The van der Waals surface area contributed by atoms with E-state index in [0.29, 0.717) is 17.0 Å². The fraction of sp³-hybridized carbons (Fsp3) is 0.200. The van der Waals surface area contributed by atoms with Crippen LogP contribution in [0.2, 0.25) is 0 Å². The summed E-state index contributed by atoms with van der Waals surface area (Å²) < 4.78 is 39.7. The SMILES string of the molecule is CCOc1cc(/C=C(\C#N)C(=O)Nc2ccc(OC)cc2)ccc1OC(F)F. The summed E-state index contributed by atoms with van der Waals surface area (Å²) in [4.78, 5) is 12.3. The van der Waals surface area contributed by atoms with Gasteiger partial charge in [-0.3, -0.25) is 4.79 Å². The zero-order valence-corrected chi connectivity index (χ0v) is 15.2. The van der Waals surface area contributed by atoms with Crippen LogP contribution in [0, 0.1) is 11.3 Å². The molecule has 0 bridgehead atoms. The van der Waals surface area contributed by atoms with Crippen molar-refractivity contribution in [2.24, 2.45) is 0 Å². The van der Waals surface area contributed by atoms with Crippen LogP contribution in [0.5, 0.6) is 17.2 Å². The van der Waals surface area contributed by atoms with Crippen LogP contribution in [-0.2, 0) is 4.79 Å². The first-order valence-electron chi connectivity index (χ1n) is 8.25. The van der Waals surface area contributed by atoms with Gasteiger partial charge in [-0.15, -0.1) is 0 Å². The summed E-state index contributed by atoms with van der Waals surface area (Å²) in [6.07, 6.45) is 1.33. The van der Waals surface area contributed by atoms with Crippen molar-refractivity contribution in [2.75, 3.05) is 19.0 Å². The van der Waals surface area contributed by atoms with Gasteiger partial charge >= 0.3 is 6.61 Å². The second-order valence-electron chi connectivity index (χ2n) is 5.37. The Labute approximate surface area is 160 Å². The Morgan fingerprint density at radius 1 is 1.21 bits per heavy atom. The van der Waals surface area contributed by atoms with Gasteiger partial charge in [0.15, 0.2) is 11.5 Å². The third-order valence-electron chi connectivity index (χ3n) is 3.51. The van der Waals surface area contributed by atoms with Crippen LogP contribution in [0.1, 0.15) is 12.5 Å². The lowest BCUT2D eigenvalue weighted by atomic mass is 10.1. The quantitative estimate of drug-likeness (QED) is 0.540. The van der Waals surface area contributed by atoms with Gasteiger partial charge in [0.25, 0.3) is 5.91 Å². The number of methoxy groups -OCH3 is 1. The van der Waals surface area contributed by atoms with Gasteiger partial charge in [-0.25, -0.2) is 0 Å². The number of rotatable bonds is 8. The van der Waals surface area contributed by atoms with E-state index in [1.54, 1.807) is 31.2 Å². The summed E-state index contributed by atoms with van der Waals surface area (Å²) in [5, 5.41) is 11.9. The zero-order valence-electron chi connectivity index (χ0n) is 15.2. The molecule has 146 valence electrons. The molecule has 0 saturated carbocycles. The molecule has 0 spiro atoms. The number of anilines is 1. The molecule has 2 aromatic rings. The van der Waals surface area contributed by atoms with Gasteiger partial charge in [0.05, 0.1) is 13.7 Å². The number of hydrogen-bond donors (Lipinski definition) is 1. The van der Waals surface area contributed by atoms with E-state index in [2.05, 4.69) is 10.1 Å². The first kappa shape index (κ1) is 20.7. The molecule has 2 aromatic carbocycles. The van der Waals surface area contributed by atoms with Crippen LogP contribution < -0.4 is 19.5 Å². The monoisotopic (exact) mass is 388 g/mol. The first-order chi connectivity index (χ1) is 13.5. The fourth-order valence-electron chi connectivity index (χ4n) is 2.26. The molecule has 2 rings (SSSR count). The highest BCUT2D eigenvalue weighted by atomic mass is 19.3. The second kappa shape index (κ2) is 9.92. The van der Waals surface area contributed by atoms with Crippen LogP contribution in [0.3, 0.4) is 0 Å². The molecule has 0 aliphatic rings. The summed E-state index contributed by atoms with van der Waals surface area (Å²) in [5.74, 6) is -0.0262. The number of halogens is 2. The molecule has 0 unspecified atom stereocenters. The lowest BCUT2D eigenvalue weighted by molar-refractivity contribution is -0.112. The van der Waals surface area contributed by atoms with Crippen molar-refractivity contribution in [3.63, 3.8) is 0 Å². The van der Waals surface area contributed by atoms with Gasteiger partial charge in [0, 0.05) is 5.69 Å². The number of ether oxygens (including phenoxy) is 3. The van der Waals surface area contributed by atoms with E-state index >= 15 is 0 Å². The van der Waals surface area contributed by atoms with Gasteiger partial charge in [-0.1, -0.05) is 6.07 Å². The number of nitrogens with zero attached hydrogens (tertiary/aromatic N) is 1. The van der Waals surface area contributed by atoms with Crippen LogP contribution in [0.4, 0.5) is 14.5 Å². The normalized spacial score (nSPS) is 10.9. The number of nitriles is 1. The van der Waals surface area contributed by atoms with Crippen molar-refractivity contribution in [2.45, 2.75) is 13.5 Å². The van der Waals surface area contributed by atoms with E-state index < -0.39 is 12.5 Å². The van der Waals surface area contributed by atoms with Crippen LogP contribution in [-0.4, -0.2) is 26.2 Å². The Hall–Kier alpha value is -3.60. The molecule has 8 heteroatoms. The standard InChI is InChI=1S/C20H18F2N2O4/c1-3-27-18-11-13(4-9-17(18)28-20(21)22)10-14(12-23)19(25)24-15-5-7-16(26-2)8-6-15/h4-11,20H,3H2,1-2H3,(H,24,25)/b14-10+. The molecule has 0 saturated heterocycles. The average molecular weight is 388 g/mol. The summed E-state index contributed by atoms with van der Waals surface area (Å²) in [7, 11) is 1.53. The van der Waals surface area contributed by atoms with Crippen LogP contribution >= 0.6 is 0 Å². The molecule has 1 N–H and O–H groups in total. The largest absolute Gasteiger partial charge is 0.497 e. The average Bonchev–Trinajstić information content (AvgIpc) is 2.68. The first-order valence-corrected chi connectivity index (χ1v) is 8.25. The highest BCUT2D eigenvalue weighted by Crippen LogP contribution is 2.30. The van der Waals surface area contributed by atoms with Crippen molar-refractivity contribution < 1.29 is 27.8 Å². The lowest BCUT2D eigenvalue weighted by Gasteiger charge is -2.12. The molecule has 0 atom stereocenters. The predicted octanol–water partition coefficient (Wildman–Crippen LogP) is 4.24. The molecule has 0 fully saturated rings. The molecule has 0 heterocycles. The fourth-order valence-corrected chi connectivity index (χ4v) is 2.26. The Balaban J connectivity index is 2.23. The summed E-state index contributed by atoms with van der Waals surface area (Å²) in [6, 6.07) is 12.6. The molecule has 1 amide bonds. The molecular weight excluding hydrogens is 370 g/mol. The van der Waals surface area contributed by atoms with Gasteiger partial charge in [-0.05, 0) is 55.0 Å². The molecular formula is C20H18F2N2O4. The Bertz CT molecular complexity index is 890. The predicted molar refractivity (Wildman–Crippen MR) is 99.5 cm³/mol. The number of amides is 1. The summed E-state index contributed by atoms with van der Waals surface area (Å²) in [5.41, 5.74) is 0.745. The van der Waals surface area contributed by atoms with Gasteiger partial charge in [-0.2, -0.15) is 14.0 Å². The Kier molecular flexibility index (Phi) is 7.34. The molecule has 0 aliphatic carbocycles. The third-order valence-corrected chi connectivity index (χ3v) is 3.51. The molecule has 28 heavy (non-hydrogen) atoms. The summed E-state index contributed by atoms with van der Waals surface area (Å²) in [6.45, 7) is -1.07. The lowest BCUT2D eigenvalue weighted by Crippen LogP contribution is -2.13. The maximum Gasteiger partial charge on any atom is 0.387 e. The Morgan fingerprint density at radius 2 is 1.93 bits per heavy atom. The summed E-state index contributed by atoms with van der Waals surface area (Å²) >= 11 is 0. The maximum absolute atomic E-state index is 12.5. The number of nitrogens with one attached hydrogen (secondary N) is 1. The zero-order chi connectivity index (χ0) is 20.5. The second-order valence-corrected chi connectivity index (χ2v) is 5.37. The van der Waals surface area contributed by atoms with Gasteiger partial charge in [0.2, 0.25) is 0 Å². The van der Waals surface area contributed by atoms with E-state index in [4.69, 9.17) is 9.47 Å².